The predicted octanol–water partition coefficient (Wildman–Crippen LogP) is 1.14. The number of ether oxygens (including phenoxy) is 1. The molecule has 4 heteroatoms. The summed E-state index contributed by atoms with van der Waals surface area (Å²) in [5, 5.41) is 6.67. The van der Waals surface area contributed by atoms with E-state index in [0.29, 0.717) is 12.6 Å². The highest BCUT2D eigenvalue weighted by molar-refractivity contribution is 5.43. The summed E-state index contributed by atoms with van der Waals surface area (Å²) in [4.78, 5) is 4.48. The first-order valence-electron chi connectivity index (χ1n) is 5.52. The average Bonchev–Trinajstić information content (AvgIpc) is 3.04. The molecular formula is C11H15N3O. The van der Waals surface area contributed by atoms with Crippen LogP contribution in [0.25, 0.3) is 0 Å². The Labute approximate surface area is 89.0 Å². The Bertz CT molecular complexity index is 363. The van der Waals surface area contributed by atoms with Gasteiger partial charge in [-0.15, -0.1) is 0 Å². The number of nitrogens with zero attached hydrogens (tertiary/aromatic N) is 1. The molecule has 0 saturated heterocycles. The minimum absolute atomic E-state index is 0.638. The molecule has 0 bridgehead atoms. The molecule has 1 aromatic heterocycles. The first-order chi connectivity index (χ1) is 7.42. The minimum Gasteiger partial charge on any atom is -0.476 e. The summed E-state index contributed by atoms with van der Waals surface area (Å²) in [6.07, 6.45) is 2.53. The first kappa shape index (κ1) is 8.97. The third-order valence-corrected chi connectivity index (χ3v) is 2.70. The van der Waals surface area contributed by atoms with E-state index in [9.17, 15) is 0 Å². The highest BCUT2D eigenvalue weighted by Gasteiger charge is 2.21. The largest absolute Gasteiger partial charge is 0.476 e. The zero-order chi connectivity index (χ0) is 10.1. The van der Waals surface area contributed by atoms with Crippen LogP contribution in [-0.2, 0) is 6.54 Å². The number of aromatic nitrogens is 1. The van der Waals surface area contributed by atoms with Gasteiger partial charge in [0.1, 0.15) is 12.4 Å². The SMILES string of the molecule is c1cc2c(nc1NC1CC1)OCCNC2. The van der Waals surface area contributed by atoms with Gasteiger partial charge in [0.2, 0.25) is 5.88 Å². The number of anilines is 1. The van der Waals surface area contributed by atoms with E-state index in [1.165, 1.54) is 12.8 Å². The molecule has 2 heterocycles. The van der Waals surface area contributed by atoms with Crippen LogP contribution in [0.5, 0.6) is 5.88 Å². The summed E-state index contributed by atoms with van der Waals surface area (Å²) in [6, 6.07) is 4.76. The highest BCUT2D eigenvalue weighted by atomic mass is 16.5. The van der Waals surface area contributed by atoms with Crippen molar-refractivity contribution in [1.82, 2.24) is 10.3 Å². The maximum absolute atomic E-state index is 5.58. The number of hydrogen-bond donors (Lipinski definition) is 2. The summed E-state index contributed by atoms with van der Waals surface area (Å²) >= 11 is 0. The number of nitrogens with one attached hydrogen (secondary N) is 2. The molecule has 2 N–H and O–H groups in total. The first-order valence-corrected chi connectivity index (χ1v) is 5.52. The molecule has 0 radical (unpaired) electrons. The van der Waals surface area contributed by atoms with Crippen molar-refractivity contribution in [2.45, 2.75) is 25.4 Å². The van der Waals surface area contributed by atoms with Crippen LogP contribution in [0.15, 0.2) is 12.1 Å². The van der Waals surface area contributed by atoms with Crippen LogP contribution in [0.1, 0.15) is 18.4 Å². The Kier molecular flexibility index (Phi) is 2.21. The standard InChI is InChI=1S/C11H15N3O/c1-4-10(13-9-2-3-9)14-11-8(1)7-12-5-6-15-11/h1,4,9,12H,2-3,5-7H2,(H,13,14). The zero-order valence-electron chi connectivity index (χ0n) is 8.62. The topological polar surface area (TPSA) is 46.2 Å². The molecule has 0 amide bonds. The minimum atomic E-state index is 0.638. The van der Waals surface area contributed by atoms with Gasteiger partial charge in [0, 0.05) is 24.7 Å². The molecule has 3 rings (SSSR count). The van der Waals surface area contributed by atoms with E-state index < -0.39 is 0 Å². The highest BCUT2D eigenvalue weighted by Crippen LogP contribution is 2.26. The van der Waals surface area contributed by atoms with Gasteiger partial charge >= 0.3 is 0 Å². The molecule has 1 saturated carbocycles. The van der Waals surface area contributed by atoms with Crippen LogP contribution in [0.2, 0.25) is 0 Å². The quantitative estimate of drug-likeness (QED) is 0.760. The Morgan fingerprint density at radius 2 is 2.33 bits per heavy atom. The molecule has 0 unspecified atom stereocenters. The lowest BCUT2D eigenvalue weighted by Gasteiger charge is -2.08. The molecule has 2 aliphatic rings. The van der Waals surface area contributed by atoms with Gasteiger partial charge < -0.3 is 15.4 Å². The van der Waals surface area contributed by atoms with Crippen molar-refractivity contribution in [3.63, 3.8) is 0 Å². The van der Waals surface area contributed by atoms with Gasteiger partial charge in [-0.1, -0.05) is 0 Å². The van der Waals surface area contributed by atoms with Crippen LogP contribution in [0.4, 0.5) is 5.82 Å². The fraction of sp³-hybridized carbons (Fsp3) is 0.545. The van der Waals surface area contributed by atoms with Gasteiger partial charge in [0.15, 0.2) is 0 Å². The fourth-order valence-electron chi connectivity index (χ4n) is 1.69. The van der Waals surface area contributed by atoms with E-state index in [-0.39, 0.29) is 0 Å². The maximum Gasteiger partial charge on any atom is 0.219 e. The number of hydrogen-bond acceptors (Lipinski definition) is 4. The molecule has 4 nitrogen and oxygen atoms in total. The van der Waals surface area contributed by atoms with Gasteiger partial charge in [-0.2, -0.15) is 4.98 Å². The summed E-state index contributed by atoms with van der Waals surface area (Å²) in [5.74, 6) is 1.73. The number of rotatable bonds is 2. The van der Waals surface area contributed by atoms with Crippen molar-refractivity contribution in [2.24, 2.45) is 0 Å². The maximum atomic E-state index is 5.58. The van der Waals surface area contributed by atoms with Crippen molar-refractivity contribution in [1.29, 1.82) is 0 Å². The Hall–Kier alpha value is -1.29. The van der Waals surface area contributed by atoms with E-state index in [0.717, 1.165) is 30.4 Å². The van der Waals surface area contributed by atoms with Gasteiger partial charge in [0.05, 0.1) is 0 Å². The molecule has 15 heavy (non-hydrogen) atoms. The third-order valence-electron chi connectivity index (χ3n) is 2.70. The van der Waals surface area contributed by atoms with Gasteiger partial charge in [0.25, 0.3) is 0 Å². The lowest BCUT2D eigenvalue weighted by molar-refractivity contribution is 0.314. The van der Waals surface area contributed by atoms with Gasteiger partial charge in [-0.3, -0.25) is 0 Å². The molecule has 1 aliphatic heterocycles. The lowest BCUT2D eigenvalue weighted by Crippen LogP contribution is -2.16. The summed E-state index contributed by atoms with van der Waals surface area (Å²) < 4.78 is 5.58. The third kappa shape index (κ3) is 2.04. The summed E-state index contributed by atoms with van der Waals surface area (Å²) in [6.45, 7) is 2.45. The van der Waals surface area contributed by atoms with E-state index >= 15 is 0 Å². The molecule has 1 aromatic rings. The summed E-state index contributed by atoms with van der Waals surface area (Å²) in [7, 11) is 0. The van der Waals surface area contributed by atoms with Crippen molar-refractivity contribution in [2.75, 3.05) is 18.5 Å². The lowest BCUT2D eigenvalue weighted by atomic mass is 10.2. The zero-order valence-corrected chi connectivity index (χ0v) is 8.62. The van der Waals surface area contributed by atoms with Gasteiger partial charge in [-0.25, -0.2) is 0 Å². The van der Waals surface area contributed by atoms with Crippen molar-refractivity contribution < 1.29 is 4.74 Å². The Balaban J connectivity index is 1.82. The smallest absolute Gasteiger partial charge is 0.219 e. The van der Waals surface area contributed by atoms with Crippen LogP contribution < -0.4 is 15.4 Å². The van der Waals surface area contributed by atoms with E-state index in [1.54, 1.807) is 0 Å². The molecule has 1 aliphatic carbocycles. The molecule has 1 fully saturated rings. The molecule has 80 valence electrons. The number of pyridine rings is 1. The molecule has 0 atom stereocenters. The van der Waals surface area contributed by atoms with Crippen LogP contribution in [0, 0.1) is 0 Å². The van der Waals surface area contributed by atoms with E-state index in [4.69, 9.17) is 4.74 Å². The molecular weight excluding hydrogens is 190 g/mol. The van der Waals surface area contributed by atoms with Gasteiger partial charge in [-0.05, 0) is 25.0 Å². The second-order valence-electron chi connectivity index (χ2n) is 4.10. The van der Waals surface area contributed by atoms with E-state index in [2.05, 4.69) is 21.7 Å². The van der Waals surface area contributed by atoms with Crippen LogP contribution >= 0.6 is 0 Å². The second-order valence-corrected chi connectivity index (χ2v) is 4.10. The second kappa shape index (κ2) is 3.70. The van der Waals surface area contributed by atoms with Crippen molar-refractivity contribution in [3.05, 3.63) is 17.7 Å². The Morgan fingerprint density at radius 1 is 1.40 bits per heavy atom. The predicted molar refractivity (Wildman–Crippen MR) is 58.1 cm³/mol. The molecule has 0 aromatic carbocycles. The Morgan fingerprint density at radius 3 is 3.20 bits per heavy atom. The fourth-order valence-corrected chi connectivity index (χ4v) is 1.69. The van der Waals surface area contributed by atoms with Crippen molar-refractivity contribution in [3.8, 4) is 5.88 Å². The number of fused-ring (bicyclic) bond motifs is 1. The monoisotopic (exact) mass is 205 g/mol. The molecule has 0 spiro atoms. The van der Waals surface area contributed by atoms with Crippen LogP contribution in [-0.4, -0.2) is 24.2 Å². The van der Waals surface area contributed by atoms with E-state index in [1.807, 2.05) is 6.07 Å². The summed E-state index contributed by atoms with van der Waals surface area (Å²) in [5.41, 5.74) is 1.15. The normalized spacial score (nSPS) is 20.0. The van der Waals surface area contributed by atoms with Crippen LogP contribution in [0.3, 0.4) is 0 Å². The average molecular weight is 205 g/mol. The van der Waals surface area contributed by atoms with Crippen molar-refractivity contribution >= 4 is 5.82 Å².